The van der Waals surface area contributed by atoms with Gasteiger partial charge in [-0.25, -0.2) is 12.7 Å². The summed E-state index contributed by atoms with van der Waals surface area (Å²) in [5.41, 5.74) is 0. The van der Waals surface area contributed by atoms with Gasteiger partial charge in [-0.2, -0.15) is 0 Å². The van der Waals surface area contributed by atoms with Crippen molar-refractivity contribution in [3.05, 3.63) is 29.1 Å². The number of benzene rings is 1. The third-order valence-electron chi connectivity index (χ3n) is 2.69. The van der Waals surface area contributed by atoms with Crippen molar-refractivity contribution in [1.82, 2.24) is 9.62 Å². The largest absolute Gasteiger partial charge is 0.315 e. The summed E-state index contributed by atoms with van der Waals surface area (Å²) in [5, 5.41) is 3.83. The summed E-state index contributed by atoms with van der Waals surface area (Å²) < 4.78 is 27.1. The van der Waals surface area contributed by atoms with Crippen LogP contribution in [0.3, 0.4) is 0 Å². The van der Waals surface area contributed by atoms with E-state index < -0.39 is 10.0 Å². The number of nitrogens with zero attached hydrogens (tertiary/aromatic N) is 1. The Kier molecular flexibility index (Phi) is 3.72. The number of sulfonamides is 1. The summed E-state index contributed by atoms with van der Waals surface area (Å²) in [5.74, 6) is 0. The summed E-state index contributed by atoms with van der Waals surface area (Å²) in [4.78, 5) is 1.29. The molecule has 0 aliphatic carbocycles. The van der Waals surface area contributed by atoms with Crippen molar-refractivity contribution < 1.29 is 8.42 Å². The molecule has 0 aliphatic rings. The molecule has 2 aromatic rings. The fourth-order valence-corrected chi connectivity index (χ4v) is 4.61. The summed E-state index contributed by atoms with van der Waals surface area (Å²) in [7, 11) is 1.53. The first-order valence-electron chi connectivity index (χ1n) is 5.56. The molecule has 1 aromatic carbocycles. The Labute approximate surface area is 111 Å². The Morgan fingerprint density at radius 3 is 2.56 bits per heavy atom. The minimum Gasteiger partial charge on any atom is -0.315 e. The van der Waals surface area contributed by atoms with Gasteiger partial charge in [0, 0.05) is 35.6 Å². The smallest absolute Gasteiger partial charge is 0.244 e. The fourth-order valence-electron chi connectivity index (χ4n) is 1.81. The number of thiophene rings is 1. The van der Waals surface area contributed by atoms with Crippen LogP contribution in [-0.2, 0) is 16.6 Å². The van der Waals surface area contributed by atoms with Crippen molar-refractivity contribution in [1.29, 1.82) is 0 Å². The number of hydrogen-bond donors (Lipinski definition) is 1. The molecule has 0 bridgehead atoms. The van der Waals surface area contributed by atoms with E-state index in [4.69, 9.17) is 0 Å². The monoisotopic (exact) mass is 284 g/mol. The van der Waals surface area contributed by atoms with Crippen LogP contribution in [0.5, 0.6) is 0 Å². The van der Waals surface area contributed by atoms with E-state index in [0.29, 0.717) is 11.4 Å². The first-order chi connectivity index (χ1) is 8.48. The topological polar surface area (TPSA) is 49.4 Å². The second-order valence-electron chi connectivity index (χ2n) is 4.17. The summed E-state index contributed by atoms with van der Waals surface area (Å²) >= 11 is 1.52. The molecule has 0 unspecified atom stereocenters. The standard InChI is InChI=1S/C12H16N2O2S2/c1-13-8-11-12(18(15,16)14(2)3)9-6-4-5-7-10(9)17-11/h4-7,13H,8H2,1-3H3. The Balaban J connectivity index is 2.77. The van der Waals surface area contributed by atoms with Crippen LogP contribution in [0.1, 0.15) is 4.88 Å². The number of fused-ring (bicyclic) bond motifs is 1. The molecule has 1 aromatic heterocycles. The van der Waals surface area contributed by atoms with Crippen molar-refractivity contribution >= 4 is 31.4 Å². The Bertz CT molecular complexity index is 660. The second kappa shape index (κ2) is 4.97. The van der Waals surface area contributed by atoms with E-state index in [1.807, 2.05) is 31.3 Å². The lowest BCUT2D eigenvalue weighted by atomic mass is 10.2. The molecular formula is C12H16N2O2S2. The lowest BCUT2D eigenvalue weighted by molar-refractivity contribution is 0.521. The minimum atomic E-state index is -3.41. The second-order valence-corrected chi connectivity index (χ2v) is 7.39. The van der Waals surface area contributed by atoms with E-state index in [1.54, 1.807) is 14.1 Å². The quantitative estimate of drug-likeness (QED) is 0.932. The Morgan fingerprint density at radius 2 is 1.94 bits per heavy atom. The van der Waals surface area contributed by atoms with Crippen LogP contribution in [0.4, 0.5) is 0 Å². The Morgan fingerprint density at radius 1 is 1.28 bits per heavy atom. The van der Waals surface area contributed by atoms with Gasteiger partial charge in [-0.05, 0) is 13.1 Å². The normalized spacial score (nSPS) is 12.4. The molecular weight excluding hydrogens is 268 g/mol. The first kappa shape index (κ1) is 13.5. The van der Waals surface area contributed by atoms with Gasteiger partial charge in [0.15, 0.2) is 0 Å². The summed E-state index contributed by atoms with van der Waals surface area (Å²) in [6, 6.07) is 7.61. The maximum atomic E-state index is 12.4. The molecule has 0 atom stereocenters. The molecule has 1 N–H and O–H groups in total. The average molecular weight is 284 g/mol. The molecule has 0 amide bonds. The SMILES string of the molecule is CNCc1sc2ccccc2c1S(=O)(=O)N(C)C. The Hall–Kier alpha value is -0.950. The fraction of sp³-hybridized carbons (Fsp3) is 0.333. The highest BCUT2D eigenvalue weighted by Gasteiger charge is 2.25. The molecule has 0 aliphatic heterocycles. The number of rotatable bonds is 4. The highest BCUT2D eigenvalue weighted by Crippen LogP contribution is 2.35. The van der Waals surface area contributed by atoms with Crippen molar-refractivity contribution in [3.63, 3.8) is 0 Å². The molecule has 0 radical (unpaired) electrons. The van der Waals surface area contributed by atoms with Crippen LogP contribution >= 0.6 is 11.3 Å². The first-order valence-corrected chi connectivity index (χ1v) is 7.81. The van der Waals surface area contributed by atoms with Crippen molar-refractivity contribution in [2.45, 2.75) is 11.4 Å². The molecule has 0 spiro atoms. The maximum absolute atomic E-state index is 12.4. The predicted molar refractivity (Wildman–Crippen MR) is 75.5 cm³/mol. The van der Waals surface area contributed by atoms with Crippen molar-refractivity contribution in [2.75, 3.05) is 21.1 Å². The molecule has 98 valence electrons. The van der Waals surface area contributed by atoms with Crippen LogP contribution in [0.15, 0.2) is 29.2 Å². The van der Waals surface area contributed by atoms with Gasteiger partial charge in [0.05, 0.1) is 0 Å². The highest BCUT2D eigenvalue weighted by molar-refractivity contribution is 7.89. The summed E-state index contributed by atoms with van der Waals surface area (Å²) in [6.07, 6.45) is 0. The maximum Gasteiger partial charge on any atom is 0.244 e. The van der Waals surface area contributed by atoms with E-state index in [0.717, 1.165) is 15.0 Å². The third kappa shape index (κ3) is 2.16. The predicted octanol–water partition coefficient (Wildman–Crippen LogP) is 1.87. The molecule has 0 saturated carbocycles. The van der Waals surface area contributed by atoms with Gasteiger partial charge in [-0.1, -0.05) is 18.2 Å². The average Bonchev–Trinajstić information content (AvgIpc) is 2.67. The molecule has 6 heteroatoms. The lowest BCUT2D eigenvalue weighted by Gasteiger charge is -2.12. The van der Waals surface area contributed by atoms with Gasteiger partial charge < -0.3 is 5.32 Å². The molecule has 18 heavy (non-hydrogen) atoms. The highest BCUT2D eigenvalue weighted by atomic mass is 32.2. The van der Waals surface area contributed by atoms with Gasteiger partial charge in [-0.3, -0.25) is 0 Å². The van der Waals surface area contributed by atoms with Gasteiger partial charge in [-0.15, -0.1) is 11.3 Å². The third-order valence-corrected chi connectivity index (χ3v) is 5.94. The van der Waals surface area contributed by atoms with E-state index in [-0.39, 0.29) is 0 Å². The molecule has 0 fully saturated rings. The molecule has 0 saturated heterocycles. The summed E-state index contributed by atoms with van der Waals surface area (Å²) in [6.45, 7) is 0.557. The van der Waals surface area contributed by atoms with Gasteiger partial charge in [0.1, 0.15) is 4.90 Å². The van der Waals surface area contributed by atoms with Crippen LogP contribution in [0, 0.1) is 0 Å². The molecule has 2 rings (SSSR count). The van der Waals surface area contributed by atoms with E-state index in [2.05, 4.69) is 5.32 Å². The molecule has 4 nitrogen and oxygen atoms in total. The van der Waals surface area contributed by atoms with Crippen molar-refractivity contribution in [2.24, 2.45) is 0 Å². The van der Waals surface area contributed by atoms with E-state index in [9.17, 15) is 8.42 Å². The number of nitrogens with one attached hydrogen (secondary N) is 1. The van der Waals surface area contributed by atoms with Crippen LogP contribution in [-0.4, -0.2) is 33.9 Å². The van der Waals surface area contributed by atoms with Crippen LogP contribution in [0.2, 0.25) is 0 Å². The zero-order chi connectivity index (χ0) is 13.3. The van der Waals surface area contributed by atoms with E-state index in [1.165, 1.54) is 15.6 Å². The van der Waals surface area contributed by atoms with Gasteiger partial charge in [0.25, 0.3) is 0 Å². The van der Waals surface area contributed by atoms with Crippen LogP contribution in [0.25, 0.3) is 10.1 Å². The van der Waals surface area contributed by atoms with Crippen LogP contribution < -0.4 is 5.32 Å². The van der Waals surface area contributed by atoms with E-state index >= 15 is 0 Å². The zero-order valence-corrected chi connectivity index (χ0v) is 12.2. The van der Waals surface area contributed by atoms with Gasteiger partial charge in [0.2, 0.25) is 10.0 Å². The number of hydrogen-bond acceptors (Lipinski definition) is 4. The lowest BCUT2D eigenvalue weighted by Crippen LogP contribution is -2.23. The molecule has 1 heterocycles. The zero-order valence-electron chi connectivity index (χ0n) is 10.6. The van der Waals surface area contributed by atoms with Gasteiger partial charge >= 0.3 is 0 Å². The minimum absolute atomic E-state index is 0.433. The van der Waals surface area contributed by atoms with Crippen molar-refractivity contribution in [3.8, 4) is 0 Å².